The molecule has 0 unspecified atom stereocenters. The molecule has 0 amide bonds. The predicted molar refractivity (Wildman–Crippen MR) is 228 cm³/mol. The summed E-state index contributed by atoms with van der Waals surface area (Å²) in [5.41, 5.74) is 7.06. The number of rotatable bonds is 0. The third kappa shape index (κ3) is 4.29. The van der Waals surface area contributed by atoms with Crippen LogP contribution in [0.5, 0.6) is 0 Å². The first-order valence-corrected chi connectivity index (χ1v) is 18.5. The topological polar surface area (TPSA) is 98.9 Å². The fraction of sp³-hybridized carbons (Fsp3) is 0. The average molecular weight is 713 g/mol. The van der Waals surface area contributed by atoms with Crippen molar-refractivity contribution < 1.29 is 0 Å². The molecule has 5 aliphatic heterocycles. The summed E-state index contributed by atoms with van der Waals surface area (Å²) < 4.78 is 0. The molecule has 0 aliphatic carbocycles. The standard InChI is InChI=1S/C48H24N8/c1-2-10-26-18-34-33(17-25(26)9-1)41-49-42(34)54-44-37-21-29-13-5-6-14-30(29)22-38(37)46(51-44)56-48-40-24-32-16-8-7-15-31(32)23-39(40)47(52-48)55-45-36-20-28-12-4-3-11-27(28)19-35(36)43(50-45)53-41/h1-24H/b53-41-,53-43?,54-42?,54-44-,55-45-,55-47?,56-46?,56-48-. The molecule has 0 fully saturated rings. The van der Waals surface area contributed by atoms with Crippen LogP contribution in [-0.4, -0.2) is 46.7 Å². The van der Waals surface area contributed by atoms with E-state index in [1.807, 2.05) is 48.5 Å². The second kappa shape index (κ2) is 10.9. The molecule has 0 radical (unpaired) electrons. The summed E-state index contributed by atoms with van der Waals surface area (Å²) in [4.78, 5) is 41.6. The van der Waals surface area contributed by atoms with Crippen molar-refractivity contribution in [1.29, 1.82) is 0 Å². The van der Waals surface area contributed by atoms with E-state index < -0.39 is 0 Å². The van der Waals surface area contributed by atoms with E-state index >= 15 is 0 Å². The van der Waals surface area contributed by atoms with E-state index in [4.69, 9.17) is 39.9 Å². The molecule has 8 aromatic rings. The number of amidine groups is 8. The summed E-state index contributed by atoms with van der Waals surface area (Å²) in [7, 11) is 0. The van der Waals surface area contributed by atoms with Gasteiger partial charge in [-0.25, -0.2) is 39.9 Å². The van der Waals surface area contributed by atoms with E-state index in [0.717, 1.165) is 87.6 Å². The summed E-state index contributed by atoms with van der Waals surface area (Å²) >= 11 is 0. The van der Waals surface area contributed by atoms with Crippen LogP contribution in [0.4, 0.5) is 0 Å². The molecule has 0 atom stereocenters. The Bertz CT molecular complexity index is 2990. The highest BCUT2D eigenvalue weighted by Gasteiger charge is 2.32. The molecule has 5 aliphatic rings. The molecule has 8 bridgehead atoms. The van der Waals surface area contributed by atoms with Crippen LogP contribution in [0, 0.1) is 0 Å². The summed E-state index contributed by atoms with van der Waals surface area (Å²) in [5, 5.41) is 8.70. The van der Waals surface area contributed by atoms with Crippen molar-refractivity contribution in [3.63, 3.8) is 0 Å². The third-order valence-corrected chi connectivity index (χ3v) is 11.2. The molecule has 5 heterocycles. The largest absolute Gasteiger partial charge is 0.208 e. The van der Waals surface area contributed by atoms with Gasteiger partial charge in [-0.05, 0) is 91.6 Å². The van der Waals surface area contributed by atoms with Gasteiger partial charge in [0.15, 0.2) is 46.7 Å². The minimum absolute atomic E-state index is 0.535. The lowest BCUT2D eigenvalue weighted by Gasteiger charge is -2.06. The predicted octanol–water partition coefficient (Wildman–Crippen LogP) is 9.44. The molecule has 0 N–H and O–H groups in total. The zero-order chi connectivity index (χ0) is 36.5. The van der Waals surface area contributed by atoms with Gasteiger partial charge in [0.2, 0.25) is 0 Å². The Morgan fingerprint density at radius 3 is 0.429 bits per heavy atom. The minimum Gasteiger partial charge on any atom is -0.208 e. The van der Waals surface area contributed by atoms with Crippen LogP contribution in [0.25, 0.3) is 43.1 Å². The molecular weight excluding hydrogens is 689 g/mol. The van der Waals surface area contributed by atoms with Gasteiger partial charge in [0, 0.05) is 44.5 Å². The first kappa shape index (κ1) is 29.6. The highest BCUT2D eigenvalue weighted by Crippen LogP contribution is 2.35. The van der Waals surface area contributed by atoms with Crippen molar-refractivity contribution in [3.05, 3.63) is 190 Å². The van der Waals surface area contributed by atoms with Crippen molar-refractivity contribution in [3.8, 4) is 0 Å². The zero-order valence-corrected chi connectivity index (χ0v) is 29.4. The number of aliphatic imine (C=N–C) groups is 8. The maximum atomic E-state index is 5.24. The Balaban J connectivity index is 1.13. The zero-order valence-electron chi connectivity index (χ0n) is 29.4. The Kier molecular flexibility index (Phi) is 5.74. The smallest absolute Gasteiger partial charge is 0.164 e. The molecule has 0 saturated heterocycles. The molecule has 8 aromatic carbocycles. The monoisotopic (exact) mass is 712 g/mol. The molecule has 256 valence electrons. The lowest BCUT2D eigenvalue weighted by atomic mass is 9.99. The maximum absolute atomic E-state index is 5.24. The first-order chi connectivity index (χ1) is 27.7. The maximum Gasteiger partial charge on any atom is 0.164 e. The Labute approximate surface area is 318 Å². The summed E-state index contributed by atoms with van der Waals surface area (Å²) in [6.45, 7) is 0. The van der Waals surface area contributed by atoms with Gasteiger partial charge in [-0.1, -0.05) is 97.1 Å². The third-order valence-electron chi connectivity index (χ3n) is 11.2. The van der Waals surface area contributed by atoms with E-state index in [1.165, 1.54) is 0 Å². The number of fused-ring (bicyclic) bond motifs is 20. The fourth-order valence-corrected chi connectivity index (χ4v) is 8.41. The second-order valence-corrected chi connectivity index (χ2v) is 14.5. The minimum atomic E-state index is 0.535. The highest BCUT2D eigenvalue weighted by molar-refractivity contribution is 6.36. The van der Waals surface area contributed by atoms with E-state index in [0.29, 0.717) is 46.7 Å². The van der Waals surface area contributed by atoms with E-state index in [2.05, 4.69) is 97.1 Å². The van der Waals surface area contributed by atoms with Gasteiger partial charge < -0.3 is 0 Å². The summed E-state index contributed by atoms with van der Waals surface area (Å²) in [5.74, 6) is 4.28. The van der Waals surface area contributed by atoms with Crippen LogP contribution in [0.15, 0.2) is 186 Å². The van der Waals surface area contributed by atoms with Gasteiger partial charge in [0.05, 0.1) is 0 Å². The lowest BCUT2D eigenvalue weighted by molar-refractivity contribution is 1.49. The Morgan fingerprint density at radius 1 is 0.179 bits per heavy atom. The van der Waals surface area contributed by atoms with Crippen molar-refractivity contribution in [2.75, 3.05) is 0 Å². The van der Waals surface area contributed by atoms with Crippen LogP contribution >= 0.6 is 0 Å². The number of benzene rings is 8. The number of hydrogen-bond acceptors (Lipinski definition) is 8. The summed E-state index contributed by atoms with van der Waals surface area (Å²) in [6, 6.07) is 50.4. The van der Waals surface area contributed by atoms with Crippen molar-refractivity contribution in [2.24, 2.45) is 39.9 Å². The molecule has 8 nitrogen and oxygen atoms in total. The first-order valence-electron chi connectivity index (χ1n) is 18.5. The van der Waals surface area contributed by atoms with Crippen molar-refractivity contribution >= 4 is 89.8 Å². The number of hydrogen-bond donors (Lipinski definition) is 0. The molecule has 8 heteroatoms. The van der Waals surface area contributed by atoms with Crippen LogP contribution < -0.4 is 0 Å². The van der Waals surface area contributed by atoms with Crippen LogP contribution in [-0.2, 0) is 0 Å². The van der Waals surface area contributed by atoms with Crippen molar-refractivity contribution in [1.82, 2.24) is 0 Å². The van der Waals surface area contributed by atoms with E-state index in [1.54, 1.807) is 0 Å². The van der Waals surface area contributed by atoms with Gasteiger partial charge in [0.25, 0.3) is 0 Å². The van der Waals surface area contributed by atoms with Gasteiger partial charge in [-0.2, -0.15) is 0 Å². The van der Waals surface area contributed by atoms with Crippen LogP contribution in [0.2, 0.25) is 0 Å². The van der Waals surface area contributed by atoms with Crippen LogP contribution in [0.1, 0.15) is 44.5 Å². The molecule has 0 aromatic heterocycles. The van der Waals surface area contributed by atoms with Gasteiger partial charge in [-0.15, -0.1) is 0 Å². The molecule has 56 heavy (non-hydrogen) atoms. The van der Waals surface area contributed by atoms with Gasteiger partial charge in [0.1, 0.15) is 0 Å². The van der Waals surface area contributed by atoms with Gasteiger partial charge in [-0.3, -0.25) is 0 Å². The van der Waals surface area contributed by atoms with E-state index in [9.17, 15) is 0 Å². The fourth-order valence-electron chi connectivity index (χ4n) is 8.41. The van der Waals surface area contributed by atoms with Crippen molar-refractivity contribution in [2.45, 2.75) is 0 Å². The van der Waals surface area contributed by atoms with Crippen LogP contribution in [0.3, 0.4) is 0 Å². The quantitative estimate of drug-likeness (QED) is 0.150. The second-order valence-electron chi connectivity index (χ2n) is 14.5. The van der Waals surface area contributed by atoms with E-state index in [-0.39, 0.29) is 0 Å². The Morgan fingerprint density at radius 2 is 0.304 bits per heavy atom. The average Bonchev–Trinajstić information content (AvgIpc) is 3.95. The van der Waals surface area contributed by atoms with Gasteiger partial charge >= 0.3 is 0 Å². The Hall–Kier alpha value is -7.84. The molecular formula is C48H24N8. The molecule has 0 spiro atoms. The number of nitrogens with zero attached hydrogens (tertiary/aromatic N) is 8. The normalized spacial score (nSPS) is 19.7. The highest BCUT2D eigenvalue weighted by atomic mass is 15.1. The summed E-state index contributed by atoms with van der Waals surface area (Å²) in [6.07, 6.45) is 0. The molecule has 13 rings (SSSR count). The SMILES string of the molecule is c1ccc2cc3c(cc2c1)C1=NC/3=N\C2=NC(=N\C3=NC(=N\C4=NC(=N\1)/c1cc5ccccc5cc14)/c1cc4ccccc4cc13)/c1cc3ccccc3cc12. The lowest BCUT2D eigenvalue weighted by Crippen LogP contribution is -2.03. The molecule has 0 saturated carbocycles.